The molecule has 2 rings (SSSR count). The van der Waals surface area contributed by atoms with Gasteiger partial charge >= 0.3 is 0 Å². The van der Waals surface area contributed by atoms with E-state index in [1.54, 1.807) is 0 Å². The van der Waals surface area contributed by atoms with Gasteiger partial charge in [-0.25, -0.2) is 0 Å². The van der Waals surface area contributed by atoms with Gasteiger partial charge in [0.25, 0.3) is 0 Å². The summed E-state index contributed by atoms with van der Waals surface area (Å²) in [5.74, 6) is 0. The van der Waals surface area contributed by atoms with Crippen LogP contribution in [0.1, 0.15) is 50.2 Å². The summed E-state index contributed by atoms with van der Waals surface area (Å²) < 4.78 is 1.13. The Bertz CT molecular complexity index is 435. The lowest BCUT2D eigenvalue weighted by Gasteiger charge is -2.34. The molecule has 0 unspecified atom stereocenters. The van der Waals surface area contributed by atoms with Crippen molar-refractivity contribution in [2.24, 2.45) is 0 Å². The average Bonchev–Trinajstić information content (AvgIpc) is 2.42. The molecular formula is C16H27BrCl2N2. The van der Waals surface area contributed by atoms with Gasteiger partial charge in [-0.2, -0.15) is 0 Å². The highest BCUT2D eigenvalue weighted by molar-refractivity contribution is 9.10. The Labute approximate surface area is 149 Å². The molecule has 0 aromatic heterocycles. The Morgan fingerprint density at radius 3 is 2.38 bits per heavy atom. The van der Waals surface area contributed by atoms with Crippen molar-refractivity contribution in [2.75, 3.05) is 12.3 Å². The summed E-state index contributed by atoms with van der Waals surface area (Å²) >= 11 is 3.58. The van der Waals surface area contributed by atoms with E-state index in [1.807, 2.05) is 0 Å². The average molecular weight is 398 g/mol. The van der Waals surface area contributed by atoms with Gasteiger partial charge in [0, 0.05) is 22.7 Å². The molecule has 122 valence electrons. The van der Waals surface area contributed by atoms with Crippen LogP contribution >= 0.6 is 40.7 Å². The van der Waals surface area contributed by atoms with Gasteiger partial charge in [-0.05, 0) is 49.6 Å². The third kappa shape index (κ3) is 5.63. The van der Waals surface area contributed by atoms with Crippen molar-refractivity contribution in [3.63, 3.8) is 0 Å². The van der Waals surface area contributed by atoms with Crippen LogP contribution in [-0.4, -0.2) is 17.5 Å². The standard InChI is InChI=1S/C16H25BrN2.2ClH/c1-3-19(15-7-5-4-6-8-15)11-13-10-14(17)9-12(2)16(13)18;;/h9-10,15H,3-8,11,18H2,1-2H3;2*1H. The van der Waals surface area contributed by atoms with Gasteiger partial charge in [0.2, 0.25) is 0 Å². The van der Waals surface area contributed by atoms with Crippen molar-refractivity contribution >= 4 is 46.4 Å². The first-order chi connectivity index (χ1) is 9.11. The molecule has 0 radical (unpaired) electrons. The van der Waals surface area contributed by atoms with E-state index in [-0.39, 0.29) is 24.8 Å². The summed E-state index contributed by atoms with van der Waals surface area (Å²) in [7, 11) is 0. The molecule has 0 amide bonds. The third-order valence-electron chi connectivity index (χ3n) is 4.31. The molecule has 2 nitrogen and oxygen atoms in total. The predicted octanol–water partition coefficient (Wildman–Crippen LogP) is 5.34. The van der Waals surface area contributed by atoms with Crippen molar-refractivity contribution in [3.05, 3.63) is 27.7 Å². The lowest BCUT2D eigenvalue weighted by molar-refractivity contribution is 0.156. The van der Waals surface area contributed by atoms with E-state index in [2.05, 4.69) is 46.8 Å². The van der Waals surface area contributed by atoms with Gasteiger partial charge in [-0.3, -0.25) is 4.90 Å². The predicted molar refractivity (Wildman–Crippen MR) is 101 cm³/mol. The maximum atomic E-state index is 6.24. The second kappa shape index (κ2) is 9.94. The molecule has 5 heteroatoms. The molecule has 1 saturated carbocycles. The summed E-state index contributed by atoms with van der Waals surface area (Å²) in [5.41, 5.74) is 9.63. The van der Waals surface area contributed by atoms with E-state index in [4.69, 9.17) is 5.73 Å². The van der Waals surface area contributed by atoms with Crippen LogP contribution < -0.4 is 5.73 Å². The summed E-state index contributed by atoms with van der Waals surface area (Å²) in [6.45, 7) is 6.43. The molecule has 0 atom stereocenters. The lowest BCUT2D eigenvalue weighted by Crippen LogP contribution is -2.36. The fourth-order valence-corrected chi connectivity index (χ4v) is 3.74. The first-order valence-corrected chi connectivity index (χ1v) is 8.19. The molecule has 0 heterocycles. The van der Waals surface area contributed by atoms with Gasteiger partial charge in [-0.15, -0.1) is 24.8 Å². The van der Waals surface area contributed by atoms with Crippen molar-refractivity contribution in [2.45, 2.75) is 58.5 Å². The Kier molecular flexibility index (Phi) is 9.96. The van der Waals surface area contributed by atoms with Gasteiger partial charge in [0.1, 0.15) is 0 Å². The van der Waals surface area contributed by atoms with Crippen LogP contribution in [0.3, 0.4) is 0 Å². The van der Waals surface area contributed by atoms with Gasteiger partial charge in [-0.1, -0.05) is 42.1 Å². The van der Waals surface area contributed by atoms with Gasteiger partial charge in [0.05, 0.1) is 0 Å². The lowest BCUT2D eigenvalue weighted by atomic mass is 9.93. The molecule has 2 N–H and O–H groups in total. The minimum atomic E-state index is 0. The summed E-state index contributed by atoms with van der Waals surface area (Å²) in [4.78, 5) is 2.59. The maximum absolute atomic E-state index is 6.24. The Morgan fingerprint density at radius 2 is 1.81 bits per heavy atom. The van der Waals surface area contributed by atoms with Crippen LogP contribution in [-0.2, 0) is 6.54 Å². The summed E-state index contributed by atoms with van der Waals surface area (Å²) in [6, 6.07) is 5.02. The highest BCUT2D eigenvalue weighted by Gasteiger charge is 2.20. The van der Waals surface area contributed by atoms with Crippen molar-refractivity contribution < 1.29 is 0 Å². The van der Waals surface area contributed by atoms with Crippen LogP contribution in [0.25, 0.3) is 0 Å². The number of halogens is 3. The highest BCUT2D eigenvalue weighted by Crippen LogP contribution is 2.28. The molecule has 1 aliphatic carbocycles. The summed E-state index contributed by atoms with van der Waals surface area (Å²) in [6.07, 6.45) is 6.87. The van der Waals surface area contributed by atoms with E-state index >= 15 is 0 Å². The first kappa shape index (κ1) is 21.0. The number of nitrogens with two attached hydrogens (primary N) is 1. The number of hydrogen-bond donors (Lipinski definition) is 1. The van der Waals surface area contributed by atoms with Crippen LogP contribution in [0, 0.1) is 6.92 Å². The SMILES string of the molecule is CCN(Cc1cc(Br)cc(C)c1N)C1CCCCC1.Cl.Cl. The number of hydrogen-bond acceptors (Lipinski definition) is 2. The second-order valence-corrected chi connectivity index (χ2v) is 6.57. The van der Waals surface area contributed by atoms with E-state index in [9.17, 15) is 0 Å². The first-order valence-electron chi connectivity index (χ1n) is 7.40. The smallest absolute Gasteiger partial charge is 0.0390 e. The molecular weight excluding hydrogens is 371 g/mol. The Hall–Kier alpha value is 0.0400. The van der Waals surface area contributed by atoms with Crippen LogP contribution in [0.2, 0.25) is 0 Å². The molecule has 0 spiro atoms. The van der Waals surface area contributed by atoms with Crippen LogP contribution in [0.15, 0.2) is 16.6 Å². The quantitative estimate of drug-likeness (QED) is 0.694. The number of rotatable bonds is 4. The number of benzene rings is 1. The second-order valence-electron chi connectivity index (χ2n) is 5.65. The largest absolute Gasteiger partial charge is 0.398 e. The molecule has 1 aromatic carbocycles. The molecule has 21 heavy (non-hydrogen) atoms. The van der Waals surface area contributed by atoms with E-state index in [0.29, 0.717) is 0 Å². The van der Waals surface area contributed by atoms with E-state index < -0.39 is 0 Å². The summed E-state index contributed by atoms with van der Waals surface area (Å²) in [5, 5.41) is 0. The monoisotopic (exact) mass is 396 g/mol. The maximum Gasteiger partial charge on any atom is 0.0390 e. The van der Waals surface area contributed by atoms with Crippen molar-refractivity contribution in [1.29, 1.82) is 0 Å². The fraction of sp³-hybridized carbons (Fsp3) is 0.625. The minimum absolute atomic E-state index is 0. The number of aryl methyl sites for hydroxylation is 1. The van der Waals surface area contributed by atoms with Gasteiger partial charge in [0.15, 0.2) is 0 Å². The van der Waals surface area contributed by atoms with Crippen molar-refractivity contribution in [1.82, 2.24) is 4.90 Å². The topological polar surface area (TPSA) is 29.3 Å². The van der Waals surface area contributed by atoms with E-state index in [1.165, 1.54) is 43.2 Å². The van der Waals surface area contributed by atoms with Gasteiger partial charge < -0.3 is 5.73 Å². The van der Waals surface area contributed by atoms with Crippen LogP contribution in [0.4, 0.5) is 5.69 Å². The normalized spacial score (nSPS) is 15.4. The highest BCUT2D eigenvalue weighted by atomic mass is 79.9. The molecule has 0 bridgehead atoms. The molecule has 0 saturated heterocycles. The van der Waals surface area contributed by atoms with Crippen LogP contribution in [0.5, 0.6) is 0 Å². The Balaban J connectivity index is 0.00000200. The third-order valence-corrected chi connectivity index (χ3v) is 4.77. The molecule has 0 aliphatic heterocycles. The molecule has 1 aliphatic rings. The van der Waals surface area contributed by atoms with E-state index in [0.717, 1.165) is 29.3 Å². The number of anilines is 1. The zero-order valence-corrected chi connectivity index (χ0v) is 16.1. The molecule has 1 fully saturated rings. The minimum Gasteiger partial charge on any atom is -0.398 e. The number of nitrogens with zero attached hydrogens (tertiary/aromatic N) is 1. The van der Waals surface area contributed by atoms with Crippen molar-refractivity contribution in [3.8, 4) is 0 Å². The Morgan fingerprint density at radius 1 is 1.19 bits per heavy atom. The zero-order chi connectivity index (χ0) is 13.8. The fourth-order valence-electron chi connectivity index (χ4n) is 3.12. The molecule has 1 aromatic rings. The number of nitrogen functional groups attached to an aromatic ring is 1. The zero-order valence-electron chi connectivity index (χ0n) is 12.9.